The average Bonchev–Trinajstić information content (AvgIpc) is 2.64. The summed E-state index contributed by atoms with van der Waals surface area (Å²) in [5.41, 5.74) is 3.23. The molecule has 0 unspecified atom stereocenters. The second kappa shape index (κ2) is 8.99. The van der Waals surface area contributed by atoms with E-state index in [4.69, 9.17) is 16.3 Å². The number of nitrogens with zero attached hydrogens (tertiary/aromatic N) is 1. The molecule has 132 valence electrons. The summed E-state index contributed by atoms with van der Waals surface area (Å²) in [6.07, 6.45) is 0.300. The maximum Gasteiger partial charge on any atom is 0.224 e. The van der Waals surface area contributed by atoms with E-state index in [1.807, 2.05) is 18.2 Å². The van der Waals surface area contributed by atoms with E-state index in [-0.39, 0.29) is 5.91 Å². The Balaban J connectivity index is 1.46. The summed E-state index contributed by atoms with van der Waals surface area (Å²) in [4.78, 5) is 14.5. The highest BCUT2D eigenvalue weighted by atomic mass is 35.5. The van der Waals surface area contributed by atoms with Crippen LogP contribution in [0.25, 0.3) is 0 Å². The van der Waals surface area contributed by atoms with Gasteiger partial charge in [0.05, 0.1) is 19.6 Å². The van der Waals surface area contributed by atoms with Crippen LogP contribution in [0.1, 0.15) is 16.7 Å². The molecule has 0 bridgehead atoms. The Labute approximate surface area is 153 Å². The molecule has 3 rings (SSSR count). The van der Waals surface area contributed by atoms with Crippen molar-refractivity contribution in [3.8, 4) is 0 Å². The number of hydrogen-bond acceptors (Lipinski definition) is 3. The molecule has 2 aromatic rings. The zero-order valence-corrected chi connectivity index (χ0v) is 15.0. The molecule has 1 fully saturated rings. The smallest absolute Gasteiger partial charge is 0.224 e. The molecule has 1 aliphatic rings. The van der Waals surface area contributed by atoms with E-state index >= 15 is 0 Å². The molecule has 0 aromatic heterocycles. The number of amides is 1. The zero-order chi connectivity index (χ0) is 17.5. The average molecular weight is 359 g/mol. The Morgan fingerprint density at radius 3 is 2.44 bits per heavy atom. The van der Waals surface area contributed by atoms with E-state index in [0.717, 1.165) is 44.0 Å². The van der Waals surface area contributed by atoms with E-state index in [2.05, 4.69) is 34.5 Å². The predicted octanol–water partition coefficient (Wildman–Crippen LogP) is 3.03. The van der Waals surface area contributed by atoms with Gasteiger partial charge in [-0.1, -0.05) is 54.1 Å². The Bertz CT molecular complexity index is 697. The molecule has 1 saturated heterocycles. The van der Waals surface area contributed by atoms with Crippen molar-refractivity contribution in [1.29, 1.82) is 0 Å². The fourth-order valence-electron chi connectivity index (χ4n) is 2.86. The van der Waals surface area contributed by atoms with Gasteiger partial charge in [0.2, 0.25) is 5.91 Å². The van der Waals surface area contributed by atoms with E-state index in [0.29, 0.717) is 18.0 Å². The van der Waals surface area contributed by atoms with E-state index < -0.39 is 0 Å². The fraction of sp³-hybridized carbons (Fsp3) is 0.350. The molecule has 1 aliphatic heterocycles. The van der Waals surface area contributed by atoms with Gasteiger partial charge in [-0.15, -0.1) is 0 Å². The van der Waals surface area contributed by atoms with Crippen molar-refractivity contribution in [1.82, 2.24) is 10.2 Å². The Kier molecular flexibility index (Phi) is 6.45. The predicted molar refractivity (Wildman–Crippen MR) is 99.5 cm³/mol. The number of rotatable bonds is 6. The molecule has 0 aliphatic carbocycles. The van der Waals surface area contributed by atoms with Gasteiger partial charge in [0.1, 0.15) is 0 Å². The molecule has 25 heavy (non-hydrogen) atoms. The maximum absolute atomic E-state index is 12.1. The largest absolute Gasteiger partial charge is 0.379 e. The monoisotopic (exact) mass is 358 g/mol. The van der Waals surface area contributed by atoms with Crippen molar-refractivity contribution in [2.24, 2.45) is 0 Å². The quantitative estimate of drug-likeness (QED) is 0.863. The summed E-state index contributed by atoms with van der Waals surface area (Å²) in [7, 11) is 0. The molecule has 0 atom stereocenters. The minimum absolute atomic E-state index is 0.0227. The Hall–Kier alpha value is -1.88. The molecule has 2 aromatic carbocycles. The van der Waals surface area contributed by atoms with Crippen molar-refractivity contribution in [3.63, 3.8) is 0 Å². The number of nitrogens with one attached hydrogen (secondary N) is 1. The van der Waals surface area contributed by atoms with Gasteiger partial charge < -0.3 is 10.1 Å². The summed E-state index contributed by atoms with van der Waals surface area (Å²) in [6, 6.07) is 15.8. The minimum Gasteiger partial charge on any atom is -0.379 e. The molecule has 1 amide bonds. The van der Waals surface area contributed by atoms with Crippen LogP contribution >= 0.6 is 11.6 Å². The first-order valence-corrected chi connectivity index (χ1v) is 8.96. The lowest BCUT2D eigenvalue weighted by molar-refractivity contribution is -0.120. The molecular formula is C20H23ClN2O2. The van der Waals surface area contributed by atoms with E-state index in [1.165, 1.54) is 5.56 Å². The lowest BCUT2D eigenvalue weighted by atomic mass is 10.1. The fourth-order valence-corrected chi connectivity index (χ4v) is 3.06. The molecule has 4 nitrogen and oxygen atoms in total. The first-order valence-electron chi connectivity index (χ1n) is 8.59. The molecule has 1 N–H and O–H groups in total. The highest BCUT2D eigenvalue weighted by Crippen LogP contribution is 2.15. The maximum atomic E-state index is 12.1. The minimum atomic E-state index is -0.0227. The normalized spacial score (nSPS) is 15.1. The van der Waals surface area contributed by atoms with Crippen LogP contribution in [-0.2, 0) is 29.0 Å². The number of benzene rings is 2. The summed E-state index contributed by atoms with van der Waals surface area (Å²) in [5, 5.41) is 3.58. The third kappa shape index (κ3) is 5.56. The van der Waals surface area contributed by atoms with Crippen molar-refractivity contribution < 1.29 is 9.53 Å². The summed E-state index contributed by atoms with van der Waals surface area (Å²) < 4.78 is 5.37. The van der Waals surface area contributed by atoms with Gasteiger partial charge in [-0.3, -0.25) is 9.69 Å². The van der Waals surface area contributed by atoms with Crippen LogP contribution < -0.4 is 5.32 Å². The Morgan fingerprint density at radius 2 is 1.72 bits per heavy atom. The number of morpholine rings is 1. The van der Waals surface area contributed by atoms with Gasteiger partial charge in [-0.25, -0.2) is 0 Å². The van der Waals surface area contributed by atoms with Crippen LogP contribution in [0.3, 0.4) is 0 Å². The van der Waals surface area contributed by atoms with Crippen molar-refractivity contribution in [3.05, 3.63) is 70.2 Å². The standard InChI is InChI=1S/C20H23ClN2O2/c21-19-4-2-1-3-18(19)13-20(24)22-14-16-5-7-17(8-6-16)15-23-9-11-25-12-10-23/h1-8H,9-15H2,(H,22,24). The number of ether oxygens (including phenoxy) is 1. The van der Waals surface area contributed by atoms with Crippen LogP contribution in [0.4, 0.5) is 0 Å². The number of halogens is 1. The van der Waals surface area contributed by atoms with Gasteiger partial charge in [-0.2, -0.15) is 0 Å². The van der Waals surface area contributed by atoms with Crippen molar-refractivity contribution in [2.45, 2.75) is 19.5 Å². The summed E-state index contributed by atoms with van der Waals surface area (Å²) in [5.74, 6) is -0.0227. The van der Waals surface area contributed by atoms with Gasteiger partial charge in [0.15, 0.2) is 0 Å². The van der Waals surface area contributed by atoms with Crippen molar-refractivity contribution in [2.75, 3.05) is 26.3 Å². The highest BCUT2D eigenvalue weighted by molar-refractivity contribution is 6.31. The summed E-state index contributed by atoms with van der Waals surface area (Å²) in [6.45, 7) is 5.08. The second-order valence-corrected chi connectivity index (χ2v) is 6.66. The van der Waals surface area contributed by atoms with Crippen LogP contribution in [0.5, 0.6) is 0 Å². The second-order valence-electron chi connectivity index (χ2n) is 6.25. The SMILES string of the molecule is O=C(Cc1ccccc1Cl)NCc1ccc(CN2CCOCC2)cc1. The van der Waals surface area contributed by atoms with Gasteiger partial charge in [-0.05, 0) is 22.8 Å². The van der Waals surface area contributed by atoms with Crippen LogP contribution in [-0.4, -0.2) is 37.1 Å². The lowest BCUT2D eigenvalue weighted by Gasteiger charge is -2.26. The van der Waals surface area contributed by atoms with Gasteiger partial charge in [0, 0.05) is 31.2 Å². The van der Waals surface area contributed by atoms with Gasteiger partial charge in [0.25, 0.3) is 0 Å². The summed E-state index contributed by atoms with van der Waals surface area (Å²) >= 11 is 6.09. The van der Waals surface area contributed by atoms with E-state index in [9.17, 15) is 4.79 Å². The van der Waals surface area contributed by atoms with Crippen molar-refractivity contribution >= 4 is 17.5 Å². The number of carbonyl (C=O) groups excluding carboxylic acids is 1. The highest BCUT2D eigenvalue weighted by Gasteiger charge is 2.10. The number of hydrogen-bond donors (Lipinski definition) is 1. The first kappa shape index (κ1) is 17.9. The Morgan fingerprint density at radius 1 is 1.04 bits per heavy atom. The molecule has 0 radical (unpaired) electrons. The van der Waals surface area contributed by atoms with E-state index in [1.54, 1.807) is 6.07 Å². The molecular weight excluding hydrogens is 336 g/mol. The zero-order valence-electron chi connectivity index (χ0n) is 14.2. The van der Waals surface area contributed by atoms with Crippen LogP contribution in [0, 0.1) is 0 Å². The topological polar surface area (TPSA) is 41.6 Å². The number of carbonyl (C=O) groups is 1. The van der Waals surface area contributed by atoms with Crippen LogP contribution in [0.15, 0.2) is 48.5 Å². The third-order valence-corrected chi connectivity index (χ3v) is 4.70. The first-order chi connectivity index (χ1) is 12.2. The molecule has 5 heteroatoms. The van der Waals surface area contributed by atoms with Gasteiger partial charge >= 0.3 is 0 Å². The molecule has 0 spiro atoms. The van der Waals surface area contributed by atoms with Crippen LogP contribution in [0.2, 0.25) is 5.02 Å². The lowest BCUT2D eigenvalue weighted by Crippen LogP contribution is -2.35. The molecule has 0 saturated carbocycles. The third-order valence-electron chi connectivity index (χ3n) is 4.33. The molecule has 1 heterocycles.